The first-order valence-corrected chi connectivity index (χ1v) is 10.5. The van der Waals surface area contributed by atoms with Crippen LogP contribution in [0.25, 0.3) is 0 Å². The van der Waals surface area contributed by atoms with E-state index >= 15 is 0 Å². The summed E-state index contributed by atoms with van der Waals surface area (Å²) in [6, 6.07) is 10.0. The van der Waals surface area contributed by atoms with Gasteiger partial charge in [-0.05, 0) is 42.7 Å². The van der Waals surface area contributed by atoms with Crippen molar-refractivity contribution in [3.8, 4) is 0 Å². The monoisotopic (exact) mass is 445 g/mol. The number of hydrogen-bond acceptors (Lipinski definition) is 3. The van der Waals surface area contributed by atoms with Gasteiger partial charge < -0.3 is 15.5 Å². The van der Waals surface area contributed by atoms with Gasteiger partial charge in [-0.15, -0.1) is 0 Å². The molecule has 0 unspecified atom stereocenters. The minimum atomic E-state index is -1.22. The molecule has 1 atom stereocenters. The van der Waals surface area contributed by atoms with E-state index in [1.165, 1.54) is 32.2 Å². The summed E-state index contributed by atoms with van der Waals surface area (Å²) in [4.78, 5) is 38.2. The van der Waals surface area contributed by atoms with E-state index in [2.05, 4.69) is 10.6 Å². The zero-order chi connectivity index (χ0) is 22.5. The van der Waals surface area contributed by atoms with Gasteiger partial charge in [0.2, 0.25) is 17.7 Å². The Morgan fingerprint density at radius 3 is 2.52 bits per heavy atom. The second-order valence-corrected chi connectivity index (χ2v) is 8.11. The van der Waals surface area contributed by atoms with Crippen molar-refractivity contribution in [1.29, 1.82) is 0 Å². The minimum absolute atomic E-state index is 0.00442. The molecule has 6 nitrogen and oxygen atoms in total. The van der Waals surface area contributed by atoms with E-state index in [1.807, 2.05) is 0 Å². The molecule has 2 aromatic carbocycles. The third-order valence-electron chi connectivity index (χ3n) is 5.54. The van der Waals surface area contributed by atoms with Crippen molar-refractivity contribution in [3.05, 3.63) is 64.4 Å². The summed E-state index contributed by atoms with van der Waals surface area (Å²) < 4.78 is 14.5. The van der Waals surface area contributed by atoms with Gasteiger partial charge in [-0.2, -0.15) is 0 Å². The van der Waals surface area contributed by atoms with Crippen LogP contribution in [0.3, 0.4) is 0 Å². The van der Waals surface area contributed by atoms with Crippen LogP contribution in [0.1, 0.15) is 43.4 Å². The third kappa shape index (κ3) is 5.41. The van der Waals surface area contributed by atoms with E-state index in [9.17, 15) is 18.8 Å². The Bertz CT molecular complexity index is 974. The van der Waals surface area contributed by atoms with Crippen molar-refractivity contribution in [2.75, 3.05) is 12.4 Å². The van der Waals surface area contributed by atoms with E-state index in [-0.39, 0.29) is 29.0 Å². The summed E-state index contributed by atoms with van der Waals surface area (Å²) >= 11 is 6.15. The van der Waals surface area contributed by atoms with Crippen LogP contribution < -0.4 is 10.6 Å². The van der Waals surface area contributed by atoms with Crippen molar-refractivity contribution < 1.29 is 18.8 Å². The molecule has 1 aliphatic rings. The van der Waals surface area contributed by atoms with Crippen molar-refractivity contribution in [3.63, 3.8) is 0 Å². The standard InChI is InChI=1S/C23H25ClFN3O3/c1-14(29)28(2)21(20-18(24)10-5-11-19(20)25)23(31)26-13-15-6-3-9-17(12-15)27-22(30)16-7-4-8-16/h3,5-6,9-12,16,21H,4,7-8,13H2,1-2H3,(H,26,31)(H,27,30)/t21-/m1/s1. The number of halogens is 2. The van der Waals surface area contributed by atoms with Crippen LogP contribution in [-0.2, 0) is 20.9 Å². The Hall–Kier alpha value is -2.93. The maximum atomic E-state index is 14.5. The summed E-state index contributed by atoms with van der Waals surface area (Å²) in [7, 11) is 1.42. The van der Waals surface area contributed by atoms with Gasteiger partial charge in [0, 0.05) is 42.7 Å². The number of nitrogens with one attached hydrogen (secondary N) is 2. The largest absolute Gasteiger partial charge is 0.350 e. The van der Waals surface area contributed by atoms with Crippen LogP contribution in [0.2, 0.25) is 5.02 Å². The SMILES string of the molecule is CC(=O)N(C)[C@@H](C(=O)NCc1cccc(NC(=O)C2CCC2)c1)c1c(F)cccc1Cl. The molecule has 0 radical (unpaired) electrons. The minimum Gasteiger partial charge on any atom is -0.350 e. The van der Waals surface area contributed by atoms with Gasteiger partial charge >= 0.3 is 0 Å². The quantitative estimate of drug-likeness (QED) is 0.674. The van der Waals surface area contributed by atoms with Gasteiger partial charge in [0.1, 0.15) is 11.9 Å². The molecule has 3 rings (SSSR count). The normalized spacial score (nSPS) is 14.3. The molecule has 8 heteroatoms. The van der Waals surface area contributed by atoms with Crippen LogP contribution in [0.15, 0.2) is 42.5 Å². The van der Waals surface area contributed by atoms with Crippen LogP contribution >= 0.6 is 11.6 Å². The lowest BCUT2D eigenvalue weighted by Crippen LogP contribution is -2.41. The number of rotatable bonds is 7. The van der Waals surface area contributed by atoms with E-state index in [1.54, 1.807) is 24.3 Å². The summed E-state index contributed by atoms with van der Waals surface area (Å²) in [5, 5.41) is 5.70. The summed E-state index contributed by atoms with van der Waals surface area (Å²) in [6.45, 7) is 1.43. The molecule has 0 saturated heterocycles. The first kappa shape index (κ1) is 22.7. The maximum Gasteiger partial charge on any atom is 0.247 e. The molecule has 31 heavy (non-hydrogen) atoms. The van der Waals surface area contributed by atoms with E-state index < -0.39 is 23.7 Å². The summed E-state index contributed by atoms with van der Waals surface area (Å²) in [6.07, 6.45) is 2.89. The average molecular weight is 446 g/mol. The summed E-state index contributed by atoms with van der Waals surface area (Å²) in [5.74, 6) is -1.56. The molecule has 1 aliphatic carbocycles. The van der Waals surface area contributed by atoms with Crippen molar-refractivity contribution in [1.82, 2.24) is 10.2 Å². The van der Waals surface area contributed by atoms with Crippen LogP contribution in [0.4, 0.5) is 10.1 Å². The fourth-order valence-electron chi connectivity index (χ4n) is 3.41. The molecule has 1 saturated carbocycles. The van der Waals surface area contributed by atoms with Gasteiger partial charge in [0.05, 0.1) is 0 Å². The molecule has 0 aromatic heterocycles. The van der Waals surface area contributed by atoms with Crippen molar-refractivity contribution in [2.24, 2.45) is 5.92 Å². The Morgan fingerprint density at radius 1 is 1.19 bits per heavy atom. The van der Waals surface area contributed by atoms with Crippen molar-refractivity contribution >= 4 is 35.0 Å². The Morgan fingerprint density at radius 2 is 1.90 bits per heavy atom. The highest BCUT2D eigenvalue weighted by molar-refractivity contribution is 6.31. The number of likely N-dealkylation sites (N-methyl/N-ethyl adjacent to an activating group) is 1. The number of benzene rings is 2. The Balaban J connectivity index is 1.73. The van der Waals surface area contributed by atoms with Crippen LogP contribution in [0, 0.1) is 11.7 Å². The lowest BCUT2D eigenvalue weighted by molar-refractivity contribution is -0.137. The van der Waals surface area contributed by atoms with Crippen molar-refractivity contribution in [2.45, 2.75) is 38.8 Å². The molecule has 1 fully saturated rings. The molecular weight excluding hydrogens is 421 g/mol. The lowest BCUT2D eigenvalue weighted by atomic mass is 9.85. The van der Waals surface area contributed by atoms with Gasteiger partial charge in [-0.25, -0.2) is 4.39 Å². The highest BCUT2D eigenvalue weighted by Crippen LogP contribution is 2.30. The predicted octanol–water partition coefficient (Wildman–Crippen LogP) is 4.05. The molecule has 0 aliphatic heterocycles. The van der Waals surface area contributed by atoms with E-state index in [0.717, 1.165) is 29.7 Å². The molecule has 0 heterocycles. The number of carbonyl (C=O) groups is 3. The smallest absolute Gasteiger partial charge is 0.247 e. The molecule has 164 valence electrons. The van der Waals surface area contributed by atoms with Gasteiger partial charge in [-0.1, -0.05) is 36.2 Å². The molecule has 2 aromatic rings. The fourth-order valence-corrected chi connectivity index (χ4v) is 3.68. The molecule has 0 spiro atoms. The fraction of sp³-hybridized carbons (Fsp3) is 0.348. The topological polar surface area (TPSA) is 78.5 Å². The number of carbonyl (C=O) groups excluding carboxylic acids is 3. The molecule has 2 N–H and O–H groups in total. The van der Waals surface area contributed by atoms with Crippen LogP contribution in [0.5, 0.6) is 0 Å². The number of amides is 3. The second kappa shape index (κ2) is 9.92. The number of anilines is 1. The third-order valence-corrected chi connectivity index (χ3v) is 5.87. The Kier molecular flexibility index (Phi) is 7.28. The zero-order valence-electron chi connectivity index (χ0n) is 17.5. The van der Waals surface area contributed by atoms with E-state index in [0.29, 0.717) is 5.69 Å². The molecule has 0 bridgehead atoms. The predicted molar refractivity (Wildman–Crippen MR) is 117 cm³/mol. The van der Waals surface area contributed by atoms with Gasteiger partial charge in [0.25, 0.3) is 0 Å². The zero-order valence-corrected chi connectivity index (χ0v) is 18.2. The molecule has 3 amide bonds. The maximum absolute atomic E-state index is 14.5. The number of hydrogen-bond donors (Lipinski definition) is 2. The number of nitrogens with zero attached hydrogens (tertiary/aromatic N) is 1. The first-order chi connectivity index (χ1) is 14.8. The highest BCUT2D eigenvalue weighted by Gasteiger charge is 2.31. The average Bonchev–Trinajstić information content (AvgIpc) is 2.67. The second-order valence-electron chi connectivity index (χ2n) is 7.70. The Labute approximate surface area is 185 Å². The lowest BCUT2D eigenvalue weighted by Gasteiger charge is -2.27. The summed E-state index contributed by atoms with van der Waals surface area (Å²) in [5.41, 5.74) is 1.35. The first-order valence-electron chi connectivity index (χ1n) is 10.1. The highest BCUT2D eigenvalue weighted by atomic mass is 35.5. The van der Waals surface area contributed by atoms with Gasteiger partial charge in [0.15, 0.2) is 0 Å². The van der Waals surface area contributed by atoms with Gasteiger partial charge in [-0.3, -0.25) is 14.4 Å². The van der Waals surface area contributed by atoms with E-state index in [4.69, 9.17) is 11.6 Å². The molecular formula is C23H25ClFN3O3. The van der Waals surface area contributed by atoms with Crippen LogP contribution in [-0.4, -0.2) is 29.7 Å².